The second-order valence-corrected chi connectivity index (χ2v) is 5.28. The van der Waals surface area contributed by atoms with Gasteiger partial charge < -0.3 is 15.2 Å². The van der Waals surface area contributed by atoms with Gasteiger partial charge in [-0.2, -0.15) is 0 Å². The Morgan fingerprint density at radius 3 is 2.71 bits per heavy atom. The number of carboxylic acids is 1. The van der Waals surface area contributed by atoms with Gasteiger partial charge in [0.2, 0.25) is 5.91 Å². The average molecular weight is 291 g/mol. The summed E-state index contributed by atoms with van der Waals surface area (Å²) in [5.74, 6) is -1.30. The minimum atomic E-state index is -0.991. The van der Waals surface area contributed by atoms with Crippen molar-refractivity contribution in [3.63, 3.8) is 0 Å². The van der Waals surface area contributed by atoms with Crippen molar-refractivity contribution in [2.45, 2.75) is 44.2 Å². The zero-order valence-corrected chi connectivity index (χ0v) is 12.0. The number of ether oxygens (including phenoxy) is 1. The molecule has 1 aromatic rings. The summed E-state index contributed by atoms with van der Waals surface area (Å²) >= 11 is 0. The van der Waals surface area contributed by atoms with Crippen molar-refractivity contribution >= 4 is 11.9 Å². The maximum atomic E-state index is 11.9. The summed E-state index contributed by atoms with van der Waals surface area (Å²) in [7, 11) is 0. The predicted molar refractivity (Wildman–Crippen MR) is 77.9 cm³/mol. The Kier molecular flexibility index (Phi) is 5.75. The third-order valence-corrected chi connectivity index (χ3v) is 3.64. The molecular formula is C16H21NO4. The summed E-state index contributed by atoms with van der Waals surface area (Å²) < 4.78 is 5.26. The van der Waals surface area contributed by atoms with Crippen LogP contribution in [0.1, 0.15) is 31.2 Å². The zero-order valence-electron chi connectivity index (χ0n) is 12.0. The highest BCUT2D eigenvalue weighted by atomic mass is 16.5. The molecule has 0 bridgehead atoms. The maximum absolute atomic E-state index is 11.9. The van der Waals surface area contributed by atoms with Crippen molar-refractivity contribution in [3.8, 4) is 0 Å². The molecule has 0 aliphatic carbocycles. The van der Waals surface area contributed by atoms with Crippen LogP contribution in [-0.2, 0) is 20.7 Å². The van der Waals surface area contributed by atoms with E-state index < -0.39 is 18.1 Å². The fourth-order valence-electron chi connectivity index (χ4n) is 2.46. The van der Waals surface area contributed by atoms with Gasteiger partial charge in [-0.3, -0.25) is 4.79 Å². The molecule has 21 heavy (non-hydrogen) atoms. The Morgan fingerprint density at radius 1 is 1.33 bits per heavy atom. The molecule has 0 saturated carbocycles. The summed E-state index contributed by atoms with van der Waals surface area (Å²) in [4.78, 5) is 23.1. The molecule has 5 heteroatoms. The molecule has 5 nitrogen and oxygen atoms in total. The van der Waals surface area contributed by atoms with Crippen molar-refractivity contribution in [2.24, 2.45) is 0 Å². The second-order valence-electron chi connectivity index (χ2n) is 5.28. The monoisotopic (exact) mass is 291 g/mol. The maximum Gasteiger partial charge on any atom is 0.326 e. The molecule has 114 valence electrons. The Labute approximate surface area is 124 Å². The van der Waals surface area contributed by atoms with Crippen molar-refractivity contribution in [3.05, 3.63) is 35.9 Å². The lowest BCUT2D eigenvalue weighted by Gasteiger charge is -2.17. The van der Waals surface area contributed by atoms with Crippen molar-refractivity contribution in [1.29, 1.82) is 0 Å². The summed E-state index contributed by atoms with van der Waals surface area (Å²) in [6.45, 7) is 0.573. The number of hydrogen-bond acceptors (Lipinski definition) is 3. The number of aryl methyl sites for hydroxylation is 1. The van der Waals surface area contributed by atoms with E-state index in [2.05, 4.69) is 5.32 Å². The van der Waals surface area contributed by atoms with Gasteiger partial charge in [-0.15, -0.1) is 0 Å². The molecule has 2 atom stereocenters. The van der Waals surface area contributed by atoms with Crippen molar-refractivity contribution in [2.75, 3.05) is 6.61 Å². The fraction of sp³-hybridized carbons (Fsp3) is 0.500. The van der Waals surface area contributed by atoms with Gasteiger partial charge in [0.05, 0.1) is 0 Å². The average Bonchev–Trinajstić information content (AvgIpc) is 3.01. The van der Waals surface area contributed by atoms with E-state index in [0.717, 1.165) is 12.8 Å². The van der Waals surface area contributed by atoms with Crippen LogP contribution in [0, 0.1) is 0 Å². The van der Waals surface area contributed by atoms with Crippen LogP contribution in [0.15, 0.2) is 30.3 Å². The van der Waals surface area contributed by atoms with E-state index in [9.17, 15) is 14.7 Å². The molecule has 1 heterocycles. The summed E-state index contributed by atoms with van der Waals surface area (Å²) in [5.41, 5.74) is 1.17. The first-order valence-corrected chi connectivity index (χ1v) is 7.35. The van der Waals surface area contributed by atoms with Gasteiger partial charge >= 0.3 is 5.97 Å². The van der Waals surface area contributed by atoms with Crippen LogP contribution in [0.2, 0.25) is 0 Å². The first-order valence-electron chi connectivity index (χ1n) is 7.35. The molecule has 1 aromatic carbocycles. The van der Waals surface area contributed by atoms with Gasteiger partial charge in [0.25, 0.3) is 0 Å². The highest BCUT2D eigenvalue weighted by molar-refractivity contribution is 5.86. The molecule has 1 aliphatic rings. The number of hydrogen-bond donors (Lipinski definition) is 2. The van der Waals surface area contributed by atoms with Crippen LogP contribution in [-0.4, -0.2) is 35.7 Å². The van der Waals surface area contributed by atoms with Crippen LogP contribution >= 0.6 is 0 Å². The van der Waals surface area contributed by atoms with Crippen molar-refractivity contribution in [1.82, 2.24) is 5.32 Å². The molecule has 1 saturated heterocycles. The first-order chi connectivity index (χ1) is 10.2. The van der Waals surface area contributed by atoms with E-state index in [1.54, 1.807) is 0 Å². The fourth-order valence-corrected chi connectivity index (χ4v) is 2.46. The summed E-state index contributed by atoms with van der Waals surface area (Å²) in [6.07, 6.45) is 2.98. The topological polar surface area (TPSA) is 75.6 Å². The molecule has 0 unspecified atom stereocenters. The van der Waals surface area contributed by atoms with Gasteiger partial charge in [-0.1, -0.05) is 30.3 Å². The van der Waals surface area contributed by atoms with E-state index >= 15 is 0 Å². The number of carbonyl (C=O) groups is 2. The number of benzene rings is 1. The van der Waals surface area contributed by atoms with Crippen LogP contribution in [0.4, 0.5) is 0 Å². The van der Waals surface area contributed by atoms with E-state index in [-0.39, 0.29) is 5.91 Å². The van der Waals surface area contributed by atoms with Crippen molar-refractivity contribution < 1.29 is 19.4 Å². The lowest BCUT2D eigenvalue weighted by atomic mass is 10.0. The van der Waals surface area contributed by atoms with E-state index in [1.807, 2.05) is 30.3 Å². The second kappa shape index (κ2) is 7.78. The van der Waals surface area contributed by atoms with E-state index in [4.69, 9.17) is 4.74 Å². The molecule has 1 aliphatic heterocycles. The molecule has 2 rings (SSSR count). The molecule has 2 N–H and O–H groups in total. The number of aliphatic carboxylic acids is 1. The first kappa shape index (κ1) is 15.5. The minimum Gasteiger partial charge on any atom is -0.480 e. The third-order valence-electron chi connectivity index (χ3n) is 3.64. The minimum absolute atomic E-state index is 0.306. The molecule has 1 fully saturated rings. The van der Waals surface area contributed by atoms with Crippen LogP contribution < -0.4 is 5.32 Å². The summed E-state index contributed by atoms with van der Waals surface area (Å²) in [6, 6.07) is 9.06. The van der Waals surface area contributed by atoms with E-state index in [0.29, 0.717) is 25.9 Å². The SMILES string of the molecule is O=C(N[C@H](CCCc1ccccc1)C(=O)O)[C@@H]1CCCO1. The number of carbonyl (C=O) groups excluding carboxylic acids is 1. The largest absolute Gasteiger partial charge is 0.480 e. The van der Waals surface area contributed by atoms with Crippen LogP contribution in [0.25, 0.3) is 0 Å². The van der Waals surface area contributed by atoms with Gasteiger partial charge in [-0.25, -0.2) is 4.79 Å². The lowest BCUT2D eigenvalue weighted by molar-refractivity contribution is -0.143. The van der Waals surface area contributed by atoms with E-state index in [1.165, 1.54) is 5.56 Å². The normalized spacial score (nSPS) is 19.1. The predicted octanol–water partition coefficient (Wildman–Crippen LogP) is 1.76. The number of amides is 1. The van der Waals surface area contributed by atoms with Gasteiger partial charge in [0.1, 0.15) is 12.1 Å². The Balaban J connectivity index is 1.79. The lowest BCUT2D eigenvalue weighted by Crippen LogP contribution is -2.45. The van der Waals surface area contributed by atoms with Gasteiger partial charge in [-0.05, 0) is 37.7 Å². The van der Waals surface area contributed by atoms with Gasteiger partial charge in [0, 0.05) is 6.61 Å². The highest BCUT2D eigenvalue weighted by Gasteiger charge is 2.27. The molecule has 0 radical (unpaired) electrons. The number of nitrogens with one attached hydrogen (secondary N) is 1. The Morgan fingerprint density at radius 2 is 2.10 bits per heavy atom. The third kappa shape index (κ3) is 4.86. The van der Waals surface area contributed by atoms with Gasteiger partial charge in [0.15, 0.2) is 0 Å². The standard InChI is InChI=1S/C16H21NO4/c18-15(14-10-5-11-21-14)17-13(16(19)20)9-4-8-12-6-2-1-3-7-12/h1-3,6-7,13-14H,4-5,8-11H2,(H,17,18)(H,19,20)/t13-,14+/m1/s1. The molecular weight excluding hydrogens is 270 g/mol. The molecule has 0 aromatic heterocycles. The van der Waals surface area contributed by atoms with Crippen LogP contribution in [0.3, 0.4) is 0 Å². The smallest absolute Gasteiger partial charge is 0.326 e. The zero-order chi connectivity index (χ0) is 15.1. The quantitative estimate of drug-likeness (QED) is 0.802. The highest BCUT2D eigenvalue weighted by Crippen LogP contribution is 2.13. The molecule has 0 spiro atoms. The number of rotatable bonds is 7. The number of carboxylic acid groups (broad SMARTS) is 1. The summed E-state index contributed by atoms with van der Waals surface area (Å²) in [5, 5.41) is 11.8. The Bertz CT molecular complexity index is 468. The van der Waals surface area contributed by atoms with Crippen LogP contribution in [0.5, 0.6) is 0 Å². The molecule has 1 amide bonds. The Hall–Kier alpha value is -1.88.